The number of morpholine rings is 1. The van der Waals surface area contributed by atoms with Crippen LogP contribution in [-0.2, 0) is 4.74 Å². The first kappa shape index (κ1) is 13.2. The first-order chi connectivity index (χ1) is 8.63. The van der Waals surface area contributed by atoms with Gasteiger partial charge in [-0.3, -0.25) is 0 Å². The summed E-state index contributed by atoms with van der Waals surface area (Å²) in [7, 11) is 0. The van der Waals surface area contributed by atoms with E-state index >= 15 is 0 Å². The molecule has 1 aromatic carbocycles. The van der Waals surface area contributed by atoms with Crippen molar-refractivity contribution in [3.8, 4) is 0 Å². The van der Waals surface area contributed by atoms with E-state index in [0.29, 0.717) is 25.3 Å². The molecule has 4 nitrogen and oxygen atoms in total. The number of nitrogens with zero attached hydrogens (tertiary/aromatic N) is 1. The fourth-order valence-corrected chi connectivity index (χ4v) is 2.24. The third-order valence-corrected chi connectivity index (χ3v) is 3.19. The van der Waals surface area contributed by atoms with Gasteiger partial charge in [0.1, 0.15) is 10.8 Å². The minimum Gasteiger partial charge on any atom is -0.394 e. The average molecular weight is 270 g/mol. The smallest absolute Gasteiger partial charge is 0.124 e. The Bertz CT molecular complexity index is 456. The fraction of sp³-hybridized carbons (Fsp3) is 0.417. The summed E-state index contributed by atoms with van der Waals surface area (Å²) in [6, 6.07) is 4.16. The van der Waals surface area contributed by atoms with E-state index in [2.05, 4.69) is 0 Å². The van der Waals surface area contributed by atoms with Gasteiger partial charge in [-0.15, -0.1) is 0 Å². The van der Waals surface area contributed by atoms with E-state index < -0.39 is 0 Å². The Hall–Kier alpha value is -1.24. The molecule has 0 spiro atoms. The van der Waals surface area contributed by atoms with Crippen molar-refractivity contribution in [2.45, 2.75) is 6.04 Å². The first-order valence-electron chi connectivity index (χ1n) is 5.68. The molecular formula is C12H15FN2O2S. The van der Waals surface area contributed by atoms with Gasteiger partial charge in [0.25, 0.3) is 0 Å². The van der Waals surface area contributed by atoms with Crippen LogP contribution in [0.15, 0.2) is 18.2 Å². The van der Waals surface area contributed by atoms with Crippen LogP contribution in [0.5, 0.6) is 0 Å². The van der Waals surface area contributed by atoms with Crippen molar-refractivity contribution in [1.82, 2.24) is 0 Å². The normalized spacial score (nSPS) is 19.9. The summed E-state index contributed by atoms with van der Waals surface area (Å²) in [6.07, 6.45) is 0. The Balaban J connectivity index is 2.39. The SMILES string of the molecule is NC(=S)c1cc(F)ccc1N1CCOCC1CO. The monoisotopic (exact) mass is 270 g/mol. The maximum Gasteiger partial charge on any atom is 0.124 e. The van der Waals surface area contributed by atoms with Crippen LogP contribution >= 0.6 is 12.2 Å². The molecule has 0 bridgehead atoms. The standard InChI is InChI=1S/C12H15FN2O2S/c13-8-1-2-11(10(5-8)12(14)18)15-3-4-17-7-9(15)6-16/h1-2,5,9,16H,3-4,6-7H2,(H2,14,18). The molecule has 0 radical (unpaired) electrons. The highest BCUT2D eigenvalue weighted by Gasteiger charge is 2.25. The van der Waals surface area contributed by atoms with Crippen molar-refractivity contribution in [3.05, 3.63) is 29.6 Å². The van der Waals surface area contributed by atoms with Crippen LogP contribution in [0.2, 0.25) is 0 Å². The van der Waals surface area contributed by atoms with Gasteiger partial charge in [0.15, 0.2) is 0 Å². The molecule has 18 heavy (non-hydrogen) atoms. The van der Waals surface area contributed by atoms with Gasteiger partial charge >= 0.3 is 0 Å². The van der Waals surface area contributed by atoms with Crippen molar-refractivity contribution >= 4 is 22.9 Å². The minimum atomic E-state index is -0.379. The van der Waals surface area contributed by atoms with Crippen molar-refractivity contribution in [2.75, 3.05) is 31.3 Å². The third kappa shape index (κ3) is 2.60. The van der Waals surface area contributed by atoms with Crippen LogP contribution in [0.25, 0.3) is 0 Å². The summed E-state index contributed by atoms with van der Waals surface area (Å²) in [5, 5.41) is 9.35. The minimum absolute atomic E-state index is 0.0336. The largest absolute Gasteiger partial charge is 0.394 e. The number of aliphatic hydroxyl groups is 1. The molecule has 0 aromatic heterocycles. The van der Waals surface area contributed by atoms with Crippen molar-refractivity contribution < 1.29 is 14.2 Å². The van der Waals surface area contributed by atoms with E-state index in [9.17, 15) is 9.50 Å². The lowest BCUT2D eigenvalue weighted by Crippen LogP contribution is -2.48. The Morgan fingerprint density at radius 1 is 1.61 bits per heavy atom. The van der Waals surface area contributed by atoms with Crippen LogP contribution in [0.4, 0.5) is 10.1 Å². The molecule has 1 unspecified atom stereocenters. The molecule has 2 rings (SSSR count). The van der Waals surface area contributed by atoms with E-state index in [1.54, 1.807) is 6.07 Å². The van der Waals surface area contributed by atoms with Crippen LogP contribution in [0.1, 0.15) is 5.56 Å². The number of nitrogens with two attached hydrogens (primary N) is 1. The quantitative estimate of drug-likeness (QED) is 0.790. The Labute approximate surface area is 110 Å². The zero-order valence-corrected chi connectivity index (χ0v) is 10.6. The second-order valence-corrected chi connectivity index (χ2v) is 4.57. The summed E-state index contributed by atoms with van der Waals surface area (Å²) in [5.41, 5.74) is 6.85. The van der Waals surface area contributed by atoms with Gasteiger partial charge < -0.3 is 20.5 Å². The van der Waals surface area contributed by atoms with Gasteiger partial charge in [-0.2, -0.15) is 0 Å². The number of benzene rings is 1. The van der Waals surface area contributed by atoms with Gasteiger partial charge in [0.05, 0.1) is 25.9 Å². The van der Waals surface area contributed by atoms with E-state index in [1.165, 1.54) is 12.1 Å². The molecular weight excluding hydrogens is 255 g/mol. The maximum absolute atomic E-state index is 13.2. The number of anilines is 1. The van der Waals surface area contributed by atoms with E-state index in [1.807, 2.05) is 4.90 Å². The fourth-order valence-electron chi connectivity index (χ4n) is 2.08. The molecule has 1 fully saturated rings. The first-order valence-corrected chi connectivity index (χ1v) is 6.09. The van der Waals surface area contributed by atoms with Gasteiger partial charge in [0, 0.05) is 17.8 Å². The summed E-state index contributed by atoms with van der Waals surface area (Å²) in [5.74, 6) is -0.379. The lowest BCUT2D eigenvalue weighted by atomic mass is 10.1. The molecule has 98 valence electrons. The predicted molar refractivity (Wildman–Crippen MR) is 71.3 cm³/mol. The van der Waals surface area contributed by atoms with Crippen molar-refractivity contribution in [3.63, 3.8) is 0 Å². The van der Waals surface area contributed by atoms with Crippen LogP contribution in [0.3, 0.4) is 0 Å². The lowest BCUT2D eigenvalue weighted by Gasteiger charge is -2.37. The molecule has 6 heteroatoms. The number of thiocarbonyl (C=S) groups is 1. The van der Waals surface area contributed by atoms with Gasteiger partial charge in [-0.25, -0.2) is 4.39 Å². The second-order valence-electron chi connectivity index (χ2n) is 4.13. The topological polar surface area (TPSA) is 58.7 Å². The maximum atomic E-state index is 13.2. The molecule has 1 aliphatic rings. The summed E-state index contributed by atoms with van der Waals surface area (Å²) in [4.78, 5) is 2.10. The Kier molecular flexibility index (Phi) is 4.11. The predicted octanol–water partition coefficient (Wildman–Crippen LogP) is 0.657. The van der Waals surface area contributed by atoms with E-state index in [0.717, 1.165) is 5.69 Å². The highest BCUT2D eigenvalue weighted by Crippen LogP contribution is 2.25. The molecule has 1 atom stereocenters. The lowest BCUT2D eigenvalue weighted by molar-refractivity contribution is 0.0727. The van der Waals surface area contributed by atoms with E-state index in [-0.39, 0.29) is 23.5 Å². The highest BCUT2D eigenvalue weighted by atomic mass is 32.1. The van der Waals surface area contributed by atoms with Crippen molar-refractivity contribution in [1.29, 1.82) is 0 Å². The molecule has 0 amide bonds. The molecule has 0 saturated carbocycles. The molecule has 3 N–H and O–H groups in total. The number of hydrogen-bond donors (Lipinski definition) is 2. The Morgan fingerprint density at radius 3 is 3.06 bits per heavy atom. The molecule has 1 aliphatic heterocycles. The van der Waals surface area contributed by atoms with Crippen LogP contribution in [-0.4, -0.2) is 42.5 Å². The van der Waals surface area contributed by atoms with Gasteiger partial charge in [-0.05, 0) is 18.2 Å². The van der Waals surface area contributed by atoms with Crippen molar-refractivity contribution in [2.24, 2.45) is 5.73 Å². The number of aliphatic hydroxyl groups excluding tert-OH is 1. The molecule has 1 heterocycles. The number of ether oxygens (including phenoxy) is 1. The molecule has 1 saturated heterocycles. The molecule has 1 aromatic rings. The van der Waals surface area contributed by atoms with E-state index in [4.69, 9.17) is 22.7 Å². The summed E-state index contributed by atoms with van der Waals surface area (Å²) < 4.78 is 18.6. The van der Waals surface area contributed by atoms with Gasteiger partial charge in [-0.1, -0.05) is 12.2 Å². The third-order valence-electron chi connectivity index (χ3n) is 2.97. The number of halogens is 1. The highest BCUT2D eigenvalue weighted by molar-refractivity contribution is 7.80. The Morgan fingerprint density at radius 2 is 2.39 bits per heavy atom. The number of hydrogen-bond acceptors (Lipinski definition) is 4. The molecule has 0 aliphatic carbocycles. The zero-order valence-electron chi connectivity index (χ0n) is 9.80. The number of rotatable bonds is 3. The summed E-state index contributed by atoms with van der Waals surface area (Å²) in [6.45, 7) is 1.58. The average Bonchev–Trinajstić information content (AvgIpc) is 2.38. The summed E-state index contributed by atoms with van der Waals surface area (Å²) >= 11 is 4.94. The van der Waals surface area contributed by atoms with Crippen LogP contribution in [0, 0.1) is 5.82 Å². The van der Waals surface area contributed by atoms with Crippen LogP contribution < -0.4 is 10.6 Å². The van der Waals surface area contributed by atoms with Gasteiger partial charge in [0.2, 0.25) is 0 Å². The zero-order chi connectivity index (χ0) is 13.1. The second kappa shape index (κ2) is 5.60.